The number of carbonyl (C=O) groups excluding carboxylic acids is 1. The Bertz CT molecular complexity index is 1140. The van der Waals surface area contributed by atoms with Crippen LogP contribution in [-0.4, -0.2) is 51.3 Å². The highest BCUT2D eigenvalue weighted by Crippen LogP contribution is 2.32. The van der Waals surface area contributed by atoms with Crippen LogP contribution in [0.3, 0.4) is 0 Å². The molecule has 168 valence electrons. The van der Waals surface area contributed by atoms with E-state index < -0.39 is 11.9 Å². The first kappa shape index (κ1) is 21.7. The lowest BCUT2D eigenvalue weighted by Gasteiger charge is -2.32. The topological polar surface area (TPSA) is 80.0 Å². The third-order valence-corrected chi connectivity index (χ3v) is 5.31. The zero-order valence-corrected chi connectivity index (χ0v) is 17.9. The molecule has 32 heavy (non-hydrogen) atoms. The molecule has 0 N–H and O–H groups in total. The van der Waals surface area contributed by atoms with Gasteiger partial charge < -0.3 is 9.80 Å². The standard InChI is InChI=1S/C21H22F3N7O/c1-13-19-20(29(2)12-18(32)30(19)3)28-17(27-13)7-5-15-9-26-31(11-15)10-14-4-6-16(25-8-14)21(22,23)24/h4,6,8-9,11H,5,7,10,12H2,1-3H3. The summed E-state index contributed by atoms with van der Waals surface area (Å²) in [4.78, 5) is 28.2. The number of alkyl halides is 3. The minimum atomic E-state index is -4.45. The SMILES string of the molecule is Cc1nc(CCc2cnn(Cc3ccc(C(F)(F)F)nc3)c2)nc2c1N(C)C(=O)CN2C. The number of fused-ring (bicyclic) bond motifs is 1. The summed E-state index contributed by atoms with van der Waals surface area (Å²) in [7, 11) is 3.56. The van der Waals surface area contributed by atoms with Crippen molar-refractivity contribution in [2.24, 2.45) is 0 Å². The van der Waals surface area contributed by atoms with Gasteiger partial charge in [0.15, 0.2) is 5.82 Å². The lowest BCUT2D eigenvalue weighted by atomic mass is 10.1. The van der Waals surface area contributed by atoms with Crippen LogP contribution < -0.4 is 9.80 Å². The average molecular weight is 445 g/mol. The summed E-state index contributed by atoms with van der Waals surface area (Å²) < 4.78 is 39.6. The average Bonchev–Trinajstić information content (AvgIpc) is 3.17. The second-order valence-electron chi connectivity index (χ2n) is 7.80. The smallest absolute Gasteiger partial charge is 0.348 e. The summed E-state index contributed by atoms with van der Waals surface area (Å²) in [6, 6.07) is 2.37. The number of likely N-dealkylation sites (N-methyl/N-ethyl adjacent to an activating group) is 2. The second kappa shape index (κ2) is 8.21. The van der Waals surface area contributed by atoms with E-state index >= 15 is 0 Å². The molecule has 3 aromatic heterocycles. The van der Waals surface area contributed by atoms with Crippen molar-refractivity contribution in [3.63, 3.8) is 0 Å². The molecule has 0 atom stereocenters. The Kier molecular flexibility index (Phi) is 5.57. The number of amides is 1. The van der Waals surface area contributed by atoms with E-state index in [-0.39, 0.29) is 12.5 Å². The molecule has 0 unspecified atom stereocenters. The molecular formula is C21H22F3N7O. The number of anilines is 2. The molecule has 8 nitrogen and oxygen atoms in total. The summed E-state index contributed by atoms with van der Waals surface area (Å²) in [5, 5.41) is 4.29. The number of hydrogen-bond acceptors (Lipinski definition) is 6. The summed E-state index contributed by atoms with van der Waals surface area (Å²) in [6.07, 6.45) is 1.58. The number of pyridine rings is 1. The van der Waals surface area contributed by atoms with E-state index in [1.807, 2.05) is 25.1 Å². The fourth-order valence-corrected chi connectivity index (χ4v) is 3.64. The first-order chi connectivity index (χ1) is 15.1. The molecular weight excluding hydrogens is 423 g/mol. The third-order valence-electron chi connectivity index (χ3n) is 5.31. The Hall–Kier alpha value is -3.50. The van der Waals surface area contributed by atoms with Crippen LogP contribution in [0.15, 0.2) is 30.7 Å². The van der Waals surface area contributed by atoms with Gasteiger partial charge in [-0.2, -0.15) is 18.3 Å². The van der Waals surface area contributed by atoms with Crippen LogP contribution in [0, 0.1) is 6.92 Å². The summed E-state index contributed by atoms with van der Waals surface area (Å²) in [6.45, 7) is 2.46. The van der Waals surface area contributed by atoms with Gasteiger partial charge in [-0.15, -0.1) is 0 Å². The highest BCUT2D eigenvalue weighted by atomic mass is 19.4. The number of nitrogens with zero attached hydrogens (tertiary/aromatic N) is 7. The maximum atomic E-state index is 12.6. The molecule has 3 aromatic rings. The molecule has 0 saturated carbocycles. The van der Waals surface area contributed by atoms with Crippen molar-refractivity contribution < 1.29 is 18.0 Å². The highest BCUT2D eigenvalue weighted by molar-refractivity contribution is 6.02. The summed E-state index contributed by atoms with van der Waals surface area (Å²) in [5.41, 5.74) is 2.15. The largest absolute Gasteiger partial charge is 0.433 e. The molecule has 1 aliphatic rings. The second-order valence-corrected chi connectivity index (χ2v) is 7.80. The number of halogens is 3. The van der Waals surface area contributed by atoms with Gasteiger partial charge in [-0.05, 0) is 30.5 Å². The summed E-state index contributed by atoms with van der Waals surface area (Å²) in [5.74, 6) is 1.41. The molecule has 0 saturated heterocycles. The third kappa shape index (κ3) is 4.41. The van der Waals surface area contributed by atoms with E-state index in [2.05, 4.69) is 20.1 Å². The molecule has 0 fully saturated rings. The maximum Gasteiger partial charge on any atom is 0.433 e. The Morgan fingerprint density at radius 2 is 1.84 bits per heavy atom. The first-order valence-electron chi connectivity index (χ1n) is 10.0. The maximum absolute atomic E-state index is 12.6. The van der Waals surface area contributed by atoms with Crippen LogP contribution in [0.5, 0.6) is 0 Å². The fraction of sp³-hybridized carbons (Fsp3) is 0.381. The Balaban J connectivity index is 1.42. The van der Waals surface area contributed by atoms with Gasteiger partial charge in [-0.25, -0.2) is 9.97 Å². The molecule has 1 aliphatic heterocycles. The molecule has 4 rings (SSSR count). The zero-order valence-electron chi connectivity index (χ0n) is 17.9. The highest BCUT2D eigenvalue weighted by Gasteiger charge is 2.32. The van der Waals surface area contributed by atoms with E-state index in [1.54, 1.807) is 22.8 Å². The van der Waals surface area contributed by atoms with Crippen molar-refractivity contribution in [1.29, 1.82) is 0 Å². The van der Waals surface area contributed by atoms with Gasteiger partial charge in [-0.1, -0.05) is 6.07 Å². The molecule has 0 bridgehead atoms. The molecule has 1 amide bonds. The summed E-state index contributed by atoms with van der Waals surface area (Å²) >= 11 is 0. The van der Waals surface area contributed by atoms with Crippen molar-refractivity contribution in [3.05, 3.63) is 59.1 Å². The van der Waals surface area contributed by atoms with Crippen LogP contribution in [0.1, 0.15) is 28.3 Å². The first-order valence-corrected chi connectivity index (χ1v) is 10.0. The minimum Gasteiger partial charge on any atom is -0.348 e. The van der Waals surface area contributed by atoms with E-state index in [1.165, 1.54) is 12.3 Å². The number of rotatable bonds is 5. The van der Waals surface area contributed by atoms with Gasteiger partial charge in [-0.3, -0.25) is 14.5 Å². The van der Waals surface area contributed by atoms with Gasteiger partial charge in [0.2, 0.25) is 5.91 Å². The number of aryl methyl sites for hydroxylation is 3. The van der Waals surface area contributed by atoms with Gasteiger partial charge in [0.1, 0.15) is 17.2 Å². The van der Waals surface area contributed by atoms with Crippen LogP contribution in [0.4, 0.5) is 24.7 Å². The Labute approximate surface area is 182 Å². The van der Waals surface area contributed by atoms with Crippen molar-refractivity contribution in [3.8, 4) is 0 Å². The Morgan fingerprint density at radius 3 is 2.53 bits per heavy atom. The molecule has 0 aromatic carbocycles. The van der Waals surface area contributed by atoms with Crippen LogP contribution in [-0.2, 0) is 30.4 Å². The molecule has 0 spiro atoms. The number of hydrogen-bond donors (Lipinski definition) is 0. The molecule has 0 aliphatic carbocycles. The lowest BCUT2D eigenvalue weighted by Crippen LogP contribution is -2.43. The van der Waals surface area contributed by atoms with E-state index in [0.29, 0.717) is 30.8 Å². The normalized spacial score (nSPS) is 14.1. The van der Waals surface area contributed by atoms with Gasteiger partial charge in [0.25, 0.3) is 0 Å². The van der Waals surface area contributed by atoms with Crippen molar-refractivity contribution in [2.75, 3.05) is 30.4 Å². The zero-order chi connectivity index (χ0) is 23.0. The number of aromatic nitrogens is 5. The molecule has 11 heteroatoms. The van der Waals surface area contributed by atoms with Gasteiger partial charge >= 0.3 is 6.18 Å². The number of carbonyl (C=O) groups is 1. The van der Waals surface area contributed by atoms with E-state index in [9.17, 15) is 18.0 Å². The van der Waals surface area contributed by atoms with Crippen molar-refractivity contribution >= 4 is 17.4 Å². The molecule has 4 heterocycles. The van der Waals surface area contributed by atoms with E-state index in [0.717, 1.165) is 28.8 Å². The van der Waals surface area contributed by atoms with Crippen LogP contribution in [0.25, 0.3) is 0 Å². The van der Waals surface area contributed by atoms with Crippen molar-refractivity contribution in [1.82, 2.24) is 24.7 Å². The Morgan fingerprint density at radius 1 is 1.06 bits per heavy atom. The van der Waals surface area contributed by atoms with Gasteiger partial charge in [0.05, 0.1) is 25.0 Å². The minimum absolute atomic E-state index is 0.00453. The fourth-order valence-electron chi connectivity index (χ4n) is 3.64. The van der Waals surface area contributed by atoms with Gasteiger partial charge in [0, 0.05) is 32.9 Å². The van der Waals surface area contributed by atoms with Crippen LogP contribution >= 0.6 is 0 Å². The monoisotopic (exact) mass is 445 g/mol. The van der Waals surface area contributed by atoms with Crippen LogP contribution in [0.2, 0.25) is 0 Å². The lowest BCUT2D eigenvalue weighted by molar-refractivity contribution is -0.141. The predicted molar refractivity (Wildman–Crippen MR) is 111 cm³/mol. The van der Waals surface area contributed by atoms with Crippen molar-refractivity contribution in [2.45, 2.75) is 32.5 Å². The van der Waals surface area contributed by atoms with E-state index in [4.69, 9.17) is 0 Å². The quantitative estimate of drug-likeness (QED) is 0.601. The molecule has 0 radical (unpaired) electrons. The predicted octanol–water partition coefficient (Wildman–Crippen LogP) is 2.64.